The van der Waals surface area contributed by atoms with Crippen LogP contribution in [0.1, 0.15) is 11.4 Å². The summed E-state index contributed by atoms with van der Waals surface area (Å²) in [5.41, 5.74) is 5.09. The predicted molar refractivity (Wildman–Crippen MR) is 124 cm³/mol. The summed E-state index contributed by atoms with van der Waals surface area (Å²) in [5.74, 6) is 0. The Bertz CT molecular complexity index is 1290. The normalized spacial score (nSPS) is 11.7. The zero-order valence-electron chi connectivity index (χ0n) is 16.2. The minimum Gasteiger partial charge on any atom is -0.252 e. The molecule has 4 heteroatoms. The van der Waals surface area contributed by atoms with Crippen LogP contribution in [0.5, 0.6) is 0 Å². The van der Waals surface area contributed by atoms with Crippen LogP contribution < -0.4 is 0 Å². The zero-order chi connectivity index (χ0) is 20.2. The Hall–Kier alpha value is -4.18. The molecule has 0 N–H and O–H groups in total. The van der Waals surface area contributed by atoms with Crippen LogP contribution in [0.3, 0.4) is 0 Å². The van der Waals surface area contributed by atoms with Gasteiger partial charge < -0.3 is 0 Å². The largest absolute Gasteiger partial charge is 0.252 e. The van der Waals surface area contributed by atoms with E-state index in [2.05, 4.69) is 32.1 Å². The van der Waals surface area contributed by atoms with Crippen LogP contribution in [0.4, 0.5) is 11.4 Å². The van der Waals surface area contributed by atoms with Crippen molar-refractivity contribution in [2.45, 2.75) is 0 Å². The summed E-state index contributed by atoms with van der Waals surface area (Å²) in [7, 11) is 0. The minimum absolute atomic E-state index is 0.782. The average molecular weight is 386 g/mol. The molecule has 5 aromatic rings. The van der Waals surface area contributed by atoms with Crippen LogP contribution in [0.25, 0.3) is 21.8 Å². The lowest BCUT2D eigenvalue weighted by Crippen LogP contribution is -1.88. The lowest BCUT2D eigenvalue weighted by Gasteiger charge is -2.01. The van der Waals surface area contributed by atoms with Gasteiger partial charge in [-0.1, -0.05) is 60.7 Å². The van der Waals surface area contributed by atoms with Crippen molar-refractivity contribution in [1.29, 1.82) is 0 Å². The fourth-order valence-corrected chi connectivity index (χ4v) is 3.26. The quantitative estimate of drug-likeness (QED) is 0.341. The Labute approximate surface area is 174 Å². The number of pyridine rings is 2. The number of para-hydroxylation sites is 4. The second-order valence-corrected chi connectivity index (χ2v) is 6.86. The van der Waals surface area contributed by atoms with E-state index in [0.717, 1.165) is 44.6 Å². The van der Waals surface area contributed by atoms with Gasteiger partial charge in [-0.05, 0) is 36.4 Å². The Kier molecular flexibility index (Phi) is 4.80. The third kappa shape index (κ3) is 3.84. The number of aromatic nitrogens is 2. The molecular formula is C26H18N4. The van der Waals surface area contributed by atoms with Gasteiger partial charge in [-0.25, -0.2) is 9.97 Å². The van der Waals surface area contributed by atoms with E-state index in [1.807, 2.05) is 84.9 Å². The number of fused-ring (bicyclic) bond motifs is 2. The van der Waals surface area contributed by atoms with E-state index < -0.39 is 0 Å². The van der Waals surface area contributed by atoms with Crippen LogP contribution in [0, 0.1) is 0 Å². The molecule has 0 radical (unpaired) electrons. The maximum atomic E-state index is 4.64. The van der Waals surface area contributed by atoms with Gasteiger partial charge in [-0.3, -0.25) is 9.98 Å². The van der Waals surface area contributed by atoms with E-state index in [9.17, 15) is 0 Å². The van der Waals surface area contributed by atoms with E-state index in [1.165, 1.54) is 0 Å². The Morgan fingerprint density at radius 2 is 0.900 bits per heavy atom. The van der Waals surface area contributed by atoms with E-state index in [4.69, 9.17) is 0 Å². The molecule has 0 aliphatic carbocycles. The van der Waals surface area contributed by atoms with Gasteiger partial charge in [-0.2, -0.15) is 0 Å². The molecule has 0 unspecified atom stereocenters. The van der Waals surface area contributed by atoms with Gasteiger partial charge in [-0.15, -0.1) is 0 Å². The molecule has 30 heavy (non-hydrogen) atoms. The number of hydrogen-bond acceptors (Lipinski definition) is 4. The molecule has 0 aliphatic rings. The van der Waals surface area contributed by atoms with Crippen molar-refractivity contribution in [2.24, 2.45) is 9.98 Å². The van der Waals surface area contributed by atoms with Gasteiger partial charge in [0.05, 0.1) is 46.2 Å². The summed E-state index contributed by atoms with van der Waals surface area (Å²) in [5, 5.41) is 2.23. The topological polar surface area (TPSA) is 50.5 Å². The van der Waals surface area contributed by atoms with Crippen molar-refractivity contribution in [1.82, 2.24) is 9.97 Å². The van der Waals surface area contributed by atoms with E-state index in [-0.39, 0.29) is 0 Å². The molecule has 0 aliphatic heterocycles. The lowest BCUT2D eigenvalue weighted by atomic mass is 10.2. The fraction of sp³-hybridized carbons (Fsp3) is 0. The fourth-order valence-electron chi connectivity index (χ4n) is 3.26. The third-order valence-corrected chi connectivity index (χ3v) is 4.79. The highest BCUT2D eigenvalue weighted by molar-refractivity contribution is 5.89. The standard InChI is InChI=1S/C26H18N4/c1-3-9-23-19(7-1)13-15-21(29-23)17-27-25-11-5-6-12-26(25)28-18-22-16-14-20-8-2-4-10-24(20)30-22/h1-18H. The highest BCUT2D eigenvalue weighted by Gasteiger charge is 2.00. The van der Waals surface area contributed by atoms with Gasteiger partial charge in [0.25, 0.3) is 0 Å². The molecular weight excluding hydrogens is 368 g/mol. The summed E-state index contributed by atoms with van der Waals surface area (Å²) in [6.07, 6.45) is 3.55. The molecule has 0 saturated heterocycles. The predicted octanol–water partition coefficient (Wildman–Crippen LogP) is 6.28. The van der Waals surface area contributed by atoms with E-state index in [0.29, 0.717) is 0 Å². The SMILES string of the molecule is C(=Nc1ccccc1N=Cc1ccc2ccccc2n1)c1ccc2ccccc2n1. The maximum Gasteiger partial charge on any atom is 0.0887 e. The highest BCUT2D eigenvalue weighted by Crippen LogP contribution is 2.27. The molecule has 0 atom stereocenters. The molecule has 0 bridgehead atoms. The number of nitrogens with zero attached hydrogens (tertiary/aromatic N) is 4. The second kappa shape index (κ2) is 8.05. The molecule has 142 valence electrons. The van der Waals surface area contributed by atoms with Gasteiger partial charge in [0.15, 0.2) is 0 Å². The number of aliphatic imine (C=N–C) groups is 2. The first-order valence-corrected chi connectivity index (χ1v) is 9.74. The maximum absolute atomic E-state index is 4.64. The zero-order valence-corrected chi connectivity index (χ0v) is 16.2. The molecule has 4 nitrogen and oxygen atoms in total. The lowest BCUT2D eigenvalue weighted by molar-refractivity contribution is 1.36. The Balaban J connectivity index is 1.42. The highest BCUT2D eigenvalue weighted by atomic mass is 14.8. The van der Waals surface area contributed by atoms with Crippen LogP contribution >= 0.6 is 0 Å². The number of rotatable bonds is 4. The first kappa shape index (κ1) is 17.9. The summed E-state index contributed by atoms with van der Waals surface area (Å²) < 4.78 is 0. The monoisotopic (exact) mass is 386 g/mol. The molecule has 2 aromatic heterocycles. The van der Waals surface area contributed by atoms with Crippen molar-refractivity contribution >= 4 is 45.6 Å². The molecule has 0 saturated carbocycles. The van der Waals surface area contributed by atoms with Crippen LogP contribution in [0.15, 0.2) is 107 Å². The average Bonchev–Trinajstić information content (AvgIpc) is 2.81. The van der Waals surface area contributed by atoms with Crippen molar-refractivity contribution in [2.75, 3.05) is 0 Å². The van der Waals surface area contributed by atoms with Crippen LogP contribution in [0.2, 0.25) is 0 Å². The van der Waals surface area contributed by atoms with Gasteiger partial charge in [0.2, 0.25) is 0 Å². The second-order valence-electron chi connectivity index (χ2n) is 6.86. The van der Waals surface area contributed by atoms with Crippen LogP contribution in [-0.4, -0.2) is 22.4 Å². The molecule has 0 amide bonds. The summed E-state index contributed by atoms with van der Waals surface area (Å²) >= 11 is 0. The van der Waals surface area contributed by atoms with Gasteiger partial charge >= 0.3 is 0 Å². The van der Waals surface area contributed by atoms with Crippen molar-refractivity contribution < 1.29 is 0 Å². The summed E-state index contributed by atoms with van der Waals surface area (Å²) in [6, 6.07) is 31.9. The van der Waals surface area contributed by atoms with Gasteiger partial charge in [0, 0.05) is 10.8 Å². The summed E-state index contributed by atoms with van der Waals surface area (Å²) in [6.45, 7) is 0. The summed E-state index contributed by atoms with van der Waals surface area (Å²) in [4.78, 5) is 18.5. The first-order chi connectivity index (χ1) is 14.8. The van der Waals surface area contributed by atoms with Crippen LogP contribution in [-0.2, 0) is 0 Å². The Morgan fingerprint density at radius 3 is 1.40 bits per heavy atom. The van der Waals surface area contributed by atoms with Gasteiger partial charge in [0.1, 0.15) is 0 Å². The van der Waals surface area contributed by atoms with Crippen molar-refractivity contribution in [3.63, 3.8) is 0 Å². The molecule has 5 rings (SSSR count). The molecule has 3 aromatic carbocycles. The van der Waals surface area contributed by atoms with E-state index in [1.54, 1.807) is 12.4 Å². The van der Waals surface area contributed by atoms with Crippen molar-refractivity contribution in [3.8, 4) is 0 Å². The molecule has 2 heterocycles. The molecule has 0 fully saturated rings. The van der Waals surface area contributed by atoms with Crippen molar-refractivity contribution in [3.05, 3.63) is 108 Å². The number of hydrogen-bond donors (Lipinski definition) is 0. The number of benzene rings is 3. The molecule has 0 spiro atoms. The smallest absolute Gasteiger partial charge is 0.0887 e. The Morgan fingerprint density at radius 1 is 0.467 bits per heavy atom. The van der Waals surface area contributed by atoms with E-state index >= 15 is 0 Å². The third-order valence-electron chi connectivity index (χ3n) is 4.79. The first-order valence-electron chi connectivity index (χ1n) is 9.74. The minimum atomic E-state index is 0.782.